The molecule has 7 nitrogen and oxygen atoms in total. The number of nitrogens with two attached hydrogens (primary N) is 1. The van der Waals surface area contributed by atoms with E-state index in [4.69, 9.17) is 11.0 Å². The molecular formula is C23H25N5O2. The smallest absolute Gasteiger partial charge is 0.241 e. The van der Waals surface area contributed by atoms with E-state index in [0.29, 0.717) is 38.3 Å². The van der Waals surface area contributed by atoms with E-state index < -0.39 is 11.9 Å². The lowest BCUT2D eigenvalue weighted by molar-refractivity contribution is -0.125. The number of amides is 2. The zero-order valence-corrected chi connectivity index (χ0v) is 16.8. The molecule has 1 atom stereocenters. The number of benzene rings is 2. The number of fused-ring (bicyclic) bond motifs is 1. The van der Waals surface area contributed by atoms with Gasteiger partial charge in [0.25, 0.3) is 0 Å². The third-order valence-corrected chi connectivity index (χ3v) is 5.94. The molecule has 0 bridgehead atoms. The van der Waals surface area contributed by atoms with E-state index in [9.17, 15) is 9.59 Å². The second kappa shape index (κ2) is 8.66. The number of rotatable bonds is 5. The maximum atomic E-state index is 12.9. The van der Waals surface area contributed by atoms with Gasteiger partial charge in [0.15, 0.2) is 0 Å². The summed E-state index contributed by atoms with van der Waals surface area (Å²) in [6.07, 6.45) is 0.903. The first-order valence-electron chi connectivity index (χ1n) is 10.2. The first-order chi connectivity index (χ1) is 14.6. The van der Waals surface area contributed by atoms with Gasteiger partial charge in [-0.2, -0.15) is 5.26 Å². The van der Waals surface area contributed by atoms with Crippen LogP contribution in [0, 0.1) is 11.3 Å². The largest absolute Gasteiger partial charge is 0.368 e. The van der Waals surface area contributed by atoms with E-state index in [1.807, 2.05) is 23.1 Å². The van der Waals surface area contributed by atoms with Crippen molar-refractivity contribution < 1.29 is 9.59 Å². The molecule has 2 aliphatic rings. The van der Waals surface area contributed by atoms with Gasteiger partial charge in [-0.05, 0) is 35.7 Å². The van der Waals surface area contributed by atoms with Crippen LogP contribution in [0.2, 0.25) is 0 Å². The predicted molar refractivity (Wildman–Crippen MR) is 114 cm³/mol. The fraction of sp³-hybridized carbons (Fsp3) is 0.348. The van der Waals surface area contributed by atoms with E-state index in [1.54, 1.807) is 24.3 Å². The van der Waals surface area contributed by atoms with Gasteiger partial charge in [-0.3, -0.25) is 19.4 Å². The number of piperazine rings is 1. The number of hydrogen-bond donors (Lipinski definition) is 1. The molecule has 30 heavy (non-hydrogen) atoms. The molecule has 4 rings (SSSR count). The van der Waals surface area contributed by atoms with Crippen LogP contribution in [-0.4, -0.2) is 60.9 Å². The molecule has 2 heterocycles. The Morgan fingerprint density at radius 2 is 1.70 bits per heavy atom. The first-order valence-corrected chi connectivity index (χ1v) is 10.2. The van der Waals surface area contributed by atoms with Gasteiger partial charge in [0.05, 0.1) is 18.2 Å². The maximum Gasteiger partial charge on any atom is 0.241 e. The van der Waals surface area contributed by atoms with Crippen LogP contribution < -0.4 is 10.6 Å². The molecule has 0 aromatic heterocycles. The van der Waals surface area contributed by atoms with Crippen molar-refractivity contribution in [1.82, 2.24) is 9.80 Å². The molecule has 2 aromatic rings. The van der Waals surface area contributed by atoms with Gasteiger partial charge in [0, 0.05) is 38.4 Å². The van der Waals surface area contributed by atoms with Crippen molar-refractivity contribution >= 4 is 17.5 Å². The topological polar surface area (TPSA) is 93.7 Å². The molecule has 2 aromatic carbocycles. The van der Waals surface area contributed by atoms with E-state index in [-0.39, 0.29) is 5.91 Å². The molecule has 1 unspecified atom stereocenters. The SMILES string of the molecule is N#Cc1ccc(C(C(N)=O)N2CCN(CC(=O)N3CCc4ccccc43)CC2)cc1. The predicted octanol–water partition coefficient (Wildman–Crippen LogP) is 1.29. The fourth-order valence-corrected chi connectivity index (χ4v) is 4.35. The highest BCUT2D eigenvalue weighted by Crippen LogP contribution is 2.28. The van der Waals surface area contributed by atoms with Gasteiger partial charge < -0.3 is 10.6 Å². The van der Waals surface area contributed by atoms with Gasteiger partial charge >= 0.3 is 0 Å². The Bertz CT molecular complexity index is 974. The average molecular weight is 403 g/mol. The number of nitrogens with zero attached hydrogens (tertiary/aromatic N) is 4. The van der Waals surface area contributed by atoms with Gasteiger partial charge in [0.2, 0.25) is 11.8 Å². The minimum atomic E-state index is -0.527. The highest BCUT2D eigenvalue weighted by Gasteiger charge is 2.31. The van der Waals surface area contributed by atoms with Crippen LogP contribution in [0.15, 0.2) is 48.5 Å². The summed E-state index contributed by atoms with van der Waals surface area (Å²) in [5.74, 6) is -0.287. The molecule has 7 heteroatoms. The zero-order chi connectivity index (χ0) is 21.1. The molecule has 1 saturated heterocycles. The Kier molecular flexibility index (Phi) is 5.79. The number of anilines is 1. The summed E-state index contributed by atoms with van der Waals surface area (Å²) in [5.41, 5.74) is 9.28. The molecule has 154 valence electrons. The first kappa shape index (κ1) is 20.1. The Hall–Kier alpha value is -3.21. The quantitative estimate of drug-likeness (QED) is 0.812. The number of primary amides is 1. The maximum absolute atomic E-state index is 12.9. The minimum Gasteiger partial charge on any atom is -0.368 e. The third-order valence-electron chi connectivity index (χ3n) is 5.94. The molecule has 0 radical (unpaired) electrons. The molecule has 1 fully saturated rings. The summed E-state index contributed by atoms with van der Waals surface area (Å²) in [5, 5.41) is 8.97. The molecule has 2 N–H and O–H groups in total. The summed E-state index contributed by atoms with van der Waals surface area (Å²) in [6, 6.07) is 16.6. The van der Waals surface area contributed by atoms with Crippen molar-refractivity contribution in [3.8, 4) is 6.07 Å². The van der Waals surface area contributed by atoms with Crippen LogP contribution in [0.5, 0.6) is 0 Å². The van der Waals surface area contributed by atoms with Crippen LogP contribution in [0.3, 0.4) is 0 Å². The number of carbonyl (C=O) groups is 2. The number of carbonyl (C=O) groups excluding carboxylic acids is 2. The highest BCUT2D eigenvalue weighted by atomic mass is 16.2. The van der Waals surface area contributed by atoms with Crippen molar-refractivity contribution in [2.45, 2.75) is 12.5 Å². The zero-order valence-electron chi connectivity index (χ0n) is 16.8. The molecule has 0 aliphatic carbocycles. The molecule has 2 amide bonds. The second-order valence-corrected chi connectivity index (χ2v) is 7.77. The second-order valence-electron chi connectivity index (χ2n) is 7.77. The Balaban J connectivity index is 1.36. The van der Waals surface area contributed by atoms with Gasteiger partial charge in [-0.25, -0.2) is 0 Å². The van der Waals surface area contributed by atoms with Crippen molar-refractivity contribution in [2.75, 3.05) is 44.2 Å². The summed E-state index contributed by atoms with van der Waals surface area (Å²) in [4.78, 5) is 31.1. The van der Waals surface area contributed by atoms with Gasteiger partial charge in [0.1, 0.15) is 6.04 Å². The van der Waals surface area contributed by atoms with Crippen molar-refractivity contribution in [3.63, 3.8) is 0 Å². The van der Waals surface area contributed by atoms with E-state index in [1.165, 1.54) is 5.56 Å². The van der Waals surface area contributed by atoms with Gasteiger partial charge in [-0.15, -0.1) is 0 Å². The average Bonchev–Trinajstić information content (AvgIpc) is 3.20. The Morgan fingerprint density at radius 1 is 1.00 bits per heavy atom. The van der Waals surface area contributed by atoms with Crippen molar-refractivity contribution in [3.05, 3.63) is 65.2 Å². The molecular weight excluding hydrogens is 378 g/mol. The summed E-state index contributed by atoms with van der Waals surface area (Å²) in [7, 11) is 0. The minimum absolute atomic E-state index is 0.118. The van der Waals surface area contributed by atoms with E-state index in [2.05, 4.69) is 21.9 Å². The van der Waals surface area contributed by atoms with Crippen LogP contribution in [-0.2, 0) is 16.0 Å². The highest BCUT2D eigenvalue weighted by molar-refractivity contribution is 5.96. The van der Waals surface area contributed by atoms with E-state index >= 15 is 0 Å². The standard InChI is InChI=1S/C23H25N5O2/c24-15-17-5-7-19(8-6-17)22(23(25)30)27-13-11-26(12-14-27)16-21(29)28-10-9-18-3-1-2-4-20(18)28/h1-8,22H,9-14,16H2,(H2,25,30). The van der Waals surface area contributed by atoms with Crippen LogP contribution in [0.4, 0.5) is 5.69 Å². The lowest BCUT2D eigenvalue weighted by Crippen LogP contribution is -2.52. The summed E-state index contributed by atoms with van der Waals surface area (Å²) in [6.45, 7) is 3.80. The van der Waals surface area contributed by atoms with Crippen LogP contribution in [0.1, 0.15) is 22.7 Å². The Morgan fingerprint density at radius 3 is 2.37 bits per heavy atom. The lowest BCUT2D eigenvalue weighted by atomic mass is 10.0. The van der Waals surface area contributed by atoms with Gasteiger partial charge in [-0.1, -0.05) is 30.3 Å². The monoisotopic (exact) mass is 403 g/mol. The lowest BCUT2D eigenvalue weighted by Gasteiger charge is -2.38. The van der Waals surface area contributed by atoms with E-state index in [0.717, 1.165) is 24.2 Å². The third kappa shape index (κ3) is 4.06. The molecule has 2 aliphatic heterocycles. The van der Waals surface area contributed by atoms with Crippen molar-refractivity contribution in [2.24, 2.45) is 5.73 Å². The number of para-hydroxylation sites is 1. The number of nitriles is 1. The summed E-state index contributed by atoms with van der Waals surface area (Å²) < 4.78 is 0. The van der Waals surface area contributed by atoms with Crippen LogP contribution in [0.25, 0.3) is 0 Å². The fourth-order valence-electron chi connectivity index (χ4n) is 4.35. The van der Waals surface area contributed by atoms with Crippen molar-refractivity contribution in [1.29, 1.82) is 5.26 Å². The summed E-state index contributed by atoms with van der Waals surface area (Å²) >= 11 is 0. The normalized spacial score (nSPS) is 17.9. The Labute approximate surface area is 176 Å². The molecule has 0 saturated carbocycles. The number of hydrogen-bond acceptors (Lipinski definition) is 5. The van der Waals surface area contributed by atoms with Crippen LogP contribution >= 0.6 is 0 Å². The molecule has 0 spiro atoms.